The van der Waals surface area contributed by atoms with E-state index in [2.05, 4.69) is 22.9 Å². The molecule has 1 aromatic heterocycles. The number of nitrogens with two attached hydrogens (primary N) is 1. The van der Waals surface area contributed by atoms with E-state index in [1.165, 1.54) is 49.9 Å². The molecule has 1 aliphatic rings. The summed E-state index contributed by atoms with van der Waals surface area (Å²) in [6, 6.07) is 4.82. The third-order valence-corrected chi connectivity index (χ3v) is 3.93. The van der Waals surface area contributed by atoms with Crippen LogP contribution in [0, 0.1) is 0 Å². The van der Waals surface area contributed by atoms with Crippen molar-refractivity contribution in [2.75, 3.05) is 6.54 Å². The van der Waals surface area contributed by atoms with Crippen LogP contribution in [0.1, 0.15) is 50.3 Å². The standard InChI is InChI=1S/C15H25N3/c1-2-6-14-8-3-4-10-18(14)12-15-13(11-16)7-5-9-17-15/h5,7,9,14H,2-4,6,8,10-12,16H2,1H3. The summed E-state index contributed by atoms with van der Waals surface area (Å²) in [4.78, 5) is 7.12. The Hall–Kier alpha value is -0.930. The molecule has 1 unspecified atom stereocenters. The predicted molar refractivity (Wildman–Crippen MR) is 75.1 cm³/mol. The average Bonchev–Trinajstić information content (AvgIpc) is 2.42. The Labute approximate surface area is 110 Å². The van der Waals surface area contributed by atoms with Gasteiger partial charge in [-0.1, -0.05) is 25.8 Å². The zero-order valence-electron chi connectivity index (χ0n) is 11.4. The van der Waals surface area contributed by atoms with Gasteiger partial charge >= 0.3 is 0 Å². The van der Waals surface area contributed by atoms with E-state index in [-0.39, 0.29) is 0 Å². The van der Waals surface area contributed by atoms with Gasteiger partial charge in [0.25, 0.3) is 0 Å². The van der Waals surface area contributed by atoms with Crippen molar-refractivity contribution in [2.45, 2.75) is 58.2 Å². The Kier molecular flexibility index (Phi) is 5.14. The SMILES string of the molecule is CCCC1CCCCN1Cc1ncccc1CN. The van der Waals surface area contributed by atoms with Crippen LogP contribution in [0.4, 0.5) is 0 Å². The van der Waals surface area contributed by atoms with E-state index in [0.717, 1.165) is 12.6 Å². The second-order valence-corrected chi connectivity index (χ2v) is 5.22. The maximum atomic E-state index is 5.79. The van der Waals surface area contributed by atoms with E-state index < -0.39 is 0 Å². The number of hydrogen-bond donors (Lipinski definition) is 1. The molecule has 3 nitrogen and oxygen atoms in total. The molecule has 0 aliphatic carbocycles. The number of piperidine rings is 1. The topological polar surface area (TPSA) is 42.2 Å². The lowest BCUT2D eigenvalue weighted by atomic mass is 9.97. The highest BCUT2D eigenvalue weighted by atomic mass is 15.2. The summed E-state index contributed by atoms with van der Waals surface area (Å²) in [5, 5.41) is 0. The monoisotopic (exact) mass is 247 g/mol. The minimum absolute atomic E-state index is 0.593. The fourth-order valence-electron chi connectivity index (χ4n) is 2.92. The summed E-state index contributed by atoms with van der Waals surface area (Å²) in [6.45, 7) is 5.05. The van der Waals surface area contributed by atoms with Crippen molar-refractivity contribution in [3.8, 4) is 0 Å². The van der Waals surface area contributed by atoms with Gasteiger partial charge in [0.05, 0.1) is 5.69 Å². The Balaban J connectivity index is 2.05. The summed E-state index contributed by atoms with van der Waals surface area (Å²) in [5.74, 6) is 0. The lowest BCUT2D eigenvalue weighted by molar-refractivity contribution is 0.129. The molecule has 1 aromatic rings. The van der Waals surface area contributed by atoms with Gasteiger partial charge in [-0.15, -0.1) is 0 Å². The van der Waals surface area contributed by atoms with E-state index >= 15 is 0 Å². The summed E-state index contributed by atoms with van der Waals surface area (Å²) >= 11 is 0. The maximum Gasteiger partial charge on any atom is 0.0588 e. The number of rotatable bonds is 5. The molecule has 0 spiro atoms. The van der Waals surface area contributed by atoms with Crippen LogP contribution in [0.15, 0.2) is 18.3 Å². The third-order valence-electron chi connectivity index (χ3n) is 3.93. The van der Waals surface area contributed by atoms with E-state index in [0.29, 0.717) is 6.54 Å². The summed E-state index contributed by atoms with van der Waals surface area (Å²) in [7, 11) is 0. The molecule has 1 fully saturated rings. The first-order valence-corrected chi connectivity index (χ1v) is 7.22. The van der Waals surface area contributed by atoms with Crippen LogP contribution < -0.4 is 5.73 Å². The van der Waals surface area contributed by atoms with Gasteiger partial charge in [0.15, 0.2) is 0 Å². The zero-order chi connectivity index (χ0) is 12.8. The Morgan fingerprint density at radius 2 is 2.33 bits per heavy atom. The molecule has 1 atom stereocenters. The largest absolute Gasteiger partial charge is 0.326 e. The number of aromatic nitrogens is 1. The van der Waals surface area contributed by atoms with E-state index in [9.17, 15) is 0 Å². The molecular weight excluding hydrogens is 222 g/mol. The third kappa shape index (κ3) is 3.30. The highest BCUT2D eigenvalue weighted by molar-refractivity contribution is 5.19. The first-order chi connectivity index (χ1) is 8.85. The van der Waals surface area contributed by atoms with Crippen LogP contribution in [0.2, 0.25) is 0 Å². The maximum absolute atomic E-state index is 5.79. The fraction of sp³-hybridized carbons (Fsp3) is 0.667. The molecule has 18 heavy (non-hydrogen) atoms. The van der Waals surface area contributed by atoms with Crippen LogP contribution >= 0.6 is 0 Å². The van der Waals surface area contributed by atoms with Crippen molar-refractivity contribution in [3.63, 3.8) is 0 Å². The molecule has 1 aliphatic heterocycles. The van der Waals surface area contributed by atoms with Crippen LogP contribution in [-0.4, -0.2) is 22.5 Å². The van der Waals surface area contributed by atoms with E-state index in [1.807, 2.05) is 12.3 Å². The molecule has 100 valence electrons. The molecule has 0 saturated carbocycles. The normalized spacial score (nSPS) is 21.1. The average molecular weight is 247 g/mol. The van der Waals surface area contributed by atoms with Gasteiger partial charge in [0.1, 0.15) is 0 Å². The van der Waals surface area contributed by atoms with Crippen LogP contribution in [0.5, 0.6) is 0 Å². The minimum Gasteiger partial charge on any atom is -0.326 e. The van der Waals surface area contributed by atoms with Crippen molar-refractivity contribution >= 4 is 0 Å². The van der Waals surface area contributed by atoms with Crippen molar-refractivity contribution in [1.82, 2.24) is 9.88 Å². The second kappa shape index (κ2) is 6.86. The summed E-state index contributed by atoms with van der Waals surface area (Å²) in [6.07, 6.45) is 8.52. The molecule has 0 aromatic carbocycles. The highest BCUT2D eigenvalue weighted by Crippen LogP contribution is 2.23. The molecule has 2 heterocycles. The first-order valence-electron chi connectivity index (χ1n) is 7.22. The van der Waals surface area contributed by atoms with Crippen molar-refractivity contribution in [2.24, 2.45) is 5.73 Å². The van der Waals surface area contributed by atoms with Crippen LogP contribution in [-0.2, 0) is 13.1 Å². The predicted octanol–water partition coefficient (Wildman–Crippen LogP) is 2.69. The molecule has 2 N–H and O–H groups in total. The second-order valence-electron chi connectivity index (χ2n) is 5.22. The fourth-order valence-corrected chi connectivity index (χ4v) is 2.92. The van der Waals surface area contributed by atoms with Gasteiger partial charge in [0, 0.05) is 25.3 Å². The smallest absolute Gasteiger partial charge is 0.0588 e. The Bertz CT molecular complexity index is 363. The molecule has 1 saturated heterocycles. The number of likely N-dealkylation sites (tertiary alicyclic amines) is 1. The van der Waals surface area contributed by atoms with Gasteiger partial charge in [-0.2, -0.15) is 0 Å². The number of pyridine rings is 1. The molecule has 2 rings (SSSR count). The highest BCUT2D eigenvalue weighted by Gasteiger charge is 2.22. The molecule has 3 heteroatoms. The molecule has 0 radical (unpaired) electrons. The van der Waals surface area contributed by atoms with Crippen molar-refractivity contribution < 1.29 is 0 Å². The van der Waals surface area contributed by atoms with Gasteiger partial charge in [-0.25, -0.2) is 0 Å². The zero-order valence-corrected chi connectivity index (χ0v) is 11.4. The van der Waals surface area contributed by atoms with Crippen molar-refractivity contribution in [3.05, 3.63) is 29.6 Å². The quantitative estimate of drug-likeness (QED) is 0.870. The summed E-state index contributed by atoms with van der Waals surface area (Å²) in [5.41, 5.74) is 8.15. The minimum atomic E-state index is 0.593. The van der Waals surface area contributed by atoms with E-state index in [4.69, 9.17) is 5.73 Å². The summed E-state index contributed by atoms with van der Waals surface area (Å²) < 4.78 is 0. The lowest BCUT2D eigenvalue weighted by Gasteiger charge is -2.35. The number of nitrogens with zero attached hydrogens (tertiary/aromatic N) is 2. The molecule has 0 amide bonds. The van der Waals surface area contributed by atoms with Crippen molar-refractivity contribution in [1.29, 1.82) is 0 Å². The van der Waals surface area contributed by atoms with Crippen LogP contribution in [0.3, 0.4) is 0 Å². The van der Waals surface area contributed by atoms with Gasteiger partial charge in [-0.3, -0.25) is 9.88 Å². The van der Waals surface area contributed by atoms with E-state index in [1.54, 1.807) is 0 Å². The molecule has 0 bridgehead atoms. The lowest BCUT2D eigenvalue weighted by Crippen LogP contribution is -2.39. The van der Waals surface area contributed by atoms with Gasteiger partial charge in [0.2, 0.25) is 0 Å². The Morgan fingerprint density at radius 1 is 1.44 bits per heavy atom. The van der Waals surface area contributed by atoms with Crippen LogP contribution in [0.25, 0.3) is 0 Å². The molecular formula is C15H25N3. The van der Waals surface area contributed by atoms with Gasteiger partial charge < -0.3 is 5.73 Å². The first kappa shape index (κ1) is 13.5. The number of hydrogen-bond acceptors (Lipinski definition) is 3. The Morgan fingerprint density at radius 3 is 3.11 bits per heavy atom. The van der Waals surface area contributed by atoms with Gasteiger partial charge in [-0.05, 0) is 37.4 Å².